The van der Waals surface area contributed by atoms with Crippen LogP contribution in [0, 0.1) is 0 Å². The van der Waals surface area contributed by atoms with Crippen LogP contribution < -0.4 is 5.32 Å². The van der Waals surface area contributed by atoms with E-state index in [0.29, 0.717) is 22.2 Å². The third-order valence-corrected chi connectivity index (χ3v) is 6.87. The van der Waals surface area contributed by atoms with Gasteiger partial charge < -0.3 is 15.0 Å². The number of nitrogens with zero attached hydrogens (tertiary/aromatic N) is 5. The number of carbonyl (C=O) groups excluding carboxylic acids is 3. The van der Waals surface area contributed by atoms with Gasteiger partial charge in [-0.25, -0.2) is 4.79 Å². The van der Waals surface area contributed by atoms with E-state index in [1.807, 2.05) is 38.1 Å². The molecular weight excluding hydrogens is 468 g/mol. The number of nitrogens with one attached hydrogen (secondary N) is 1. The van der Waals surface area contributed by atoms with Gasteiger partial charge in [-0.05, 0) is 49.2 Å². The first-order valence-electron chi connectivity index (χ1n) is 11.3. The molecule has 2 aromatic heterocycles. The molecule has 10 nitrogen and oxygen atoms in total. The molecule has 0 atom stereocenters. The van der Waals surface area contributed by atoms with Gasteiger partial charge in [-0.2, -0.15) is 0 Å². The van der Waals surface area contributed by atoms with E-state index in [1.165, 1.54) is 18.9 Å². The van der Waals surface area contributed by atoms with Gasteiger partial charge >= 0.3 is 5.97 Å². The molecule has 0 unspecified atom stereocenters. The second-order valence-electron chi connectivity index (χ2n) is 8.19. The molecule has 1 N–H and O–H groups in total. The van der Waals surface area contributed by atoms with E-state index in [2.05, 4.69) is 20.3 Å². The van der Waals surface area contributed by atoms with Crippen LogP contribution in [0.4, 0.5) is 5.69 Å². The highest BCUT2D eigenvalue weighted by molar-refractivity contribution is 7.99. The normalized spacial score (nSPS) is 13.5. The topological polar surface area (TPSA) is 111 Å². The summed E-state index contributed by atoms with van der Waals surface area (Å²) in [6.45, 7) is 1.78. The molecule has 0 spiro atoms. The van der Waals surface area contributed by atoms with E-state index in [0.717, 1.165) is 37.0 Å². The van der Waals surface area contributed by atoms with E-state index in [9.17, 15) is 14.4 Å². The number of ether oxygens (including phenoxy) is 1. The Kier molecular flexibility index (Phi) is 6.41. The number of imidazole rings is 1. The van der Waals surface area contributed by atoms with Crippen molar-refractivity contribution in [1.82, 2.24) is 24.1 Å². The molecule has 35 heavy (non-hydrogen) atoms. The van der Waals surface area contributed by atoms with Crippen molar-refractivity contribution in [2.24, 2.45) is 0 Å². The molecule has 0 bridgehead atoms. The van der Waals surface area contributed by atoms with Crippen molar-refractivity contribution < 1.29 is 19.1 Å². The summed E-state index contributed by atoms with van der Waals surface area (Å²) in [5.41, 5.74) is 2.75. The van der Waals surface area contributed by atoms with Gasteiger partial charge in [0.2, 0.25) is 17.6 Å². The monoisotopic (exact) mass is 492 g/mol. The van der Waals surface area contributed by atoms with Gasteiger partial charge in [0.1, 0.15) is 6.54 Å². The Morgan fingerprint density at radius 2 is 1.71 bits per heavy atom. The fourth-order valence-corrected chi connectivity index (χ4v) is 4.96. The zero-order valence-electron chi connectivity index (χ0n) is 19.1. The van der Waals surface area contributed by atoms with Crippen molar-refractivity contribution in [3.63, 3.8) is 0 Å². The highest BCUT2D eigenvalue weighted by Crippen LogP contribution is 2.26. The van der Waals surface area contributed by atoms with Gasteiger partial charge in [0, 0.05) is 18.8 Å². The van der Waals surface area contributed by atoms with Crippen LogP contribution in [0.1, 0.15) is 23.2 Å². The van der Waals surface area contributed by atoms with Crippen molar-refractivity contribution in [1.29, 1.82) is 0 Å². The molecule has 5 rings (SSSR count). The fraction of sp³-hybridized carbons (Fsp3) is 0.292. The maximum Gasteiger partial charge on any atom is 0.337 e. The number of anilines is 1. The average molecular weight is 493 g/mol. The van der Waals surface area contributed by atoms with Crippen LogP contribution in [0.5, 0.6) is 0 Å². The maximum absolute atomic E-state index is 12.8. The van der Waals surface area contributed by atoms with E-state index >= 15 is 0 Å². The van der Waals surface area contributed by atoms with Crippen LogP contribution in [-0.4, -0.2) is 67.8 Å². The molecule has 4 aromatic rings. The summed E-state index contributed by atoms with van der Waals surface area (Å²) in [7, 11) is 1.32. The number of para-hydroxylation sites is 2. The molecule has 1 aliphatic heterocycles. The van der Waals surface area contributed by atoms with Crippen LogP contribution in [0.2, 0.25) is 0 Å². The molecule has 11 heteroatoms. The summed E-state index contributed by atoms with van der Waals surface area (Å²) >= 11 is 1.26. The molecule has 1 fully saturated rings. The zero-order chi connectivity index (χ0) is 24.4. The Morgan fingerprint density at radius 3 is 2.43 bits per heavy atom. The number of aromatic nitrogens is 4. The number of likely N-dealkylation sites (tertiary alicyclic amines) is 1. The summed E-state index contributed by atoms with van der Waals surface area (Å²) in [6, 6.07) is 14.2. The lowest BCUT2D eigenvalue weighted by molar-refractivity contribution is -0.130. The largest absolute Gasteiger partial charge is 0.465 e. The van der Waals surface area contributed by atoms with Crippen LogP contribution in [0.25, 0.3) is 16.8 Å². The minimum absolute atomic E-state index is 0.0700. The molecule has 180 valence electrons. The smallest absolute Gasteiger partial charge is 0.337 e. The molecule has 2 amide bonds. The summed E-state index contributed by atoms with van der Waals surface area (Å²) in [5.74, 6) is 0.104. The number of benzene rings is 2. The zero-order valence-corrected chi connectivity index (χ0v) is 20.0. The molecule has 2 aromatic carbocycles. The number of hydrogen-bond donors (Lipinski definition) is 1. The fourth-order valence-electron chi connectivity index (χ4n) is 4.22. The maximum atomic E-state index is 12.8. The molecule has 0 radical (unpaired) electrons. The van der Waals surface area contributed by atoms with Crippen LogP contribution in [0.15, 0.2) is 53.7 Å². The number of hydrogen-bond acceptors (Lipinski definition) is 7. The first-order chi connectivity index (χ1) is 17.0. The second kappa shape index (κ2) is 9.79. The predicted molar refractivity (Wildman–Crippen MR) is 131 cm³/mol. The van der Waals surface area contributed by atoms with Gasteiger partial charge in [-0.1, -0.05) is 23.9 Å². The summed E-state index contributed by atoms with van der Waals surface area (Å²) in [5, 5.41) is 12.0. The number of fused-ring (bicyclic) bond motifs is 3. The van der Waals surface area contributed by atoms with Crippen LogP contribution in [-0.2, 0) is 20.9 Å². The second-order valence-corrected chi connectivity index (χ2v) is 9.13. The Labute approximate surface area is 205 Å². The van der Waals surface area contributed by atoms with E-state index in [4.69, 9.17) is 0 Å². The molecule has 0 saturated carbocycles. The molecule has 3 heterocycles. The van der Waals surface area contributed by atoms with Gasteiger partial charge in [0.15, 0.2) is 5.16 Å². The molecular formula is C24H24N6O4S. The Balaban J connectivity index is 1.32. The van der Waals surface area contributed by atoms with E-state index in [-0.39, 0.29) is 24.1 Å². The Hall–Kier alpha value is -3.86. The van der Waals surface area contributed by atoms with Crippen molar-refractivity contribution >= 4 is 52.0 Å². The Morgan fingerprint density at radius 1 is 1.00 bits per heavy atom. The number of esters is 1. The van der Waals surface area contributed by atoms with Crippen molar-refractivity contribution in [2.75, 3.05) is 31.3 Å². The third-order valence-electron chi connectivity index (χ3n) is 5.95. The standard InChI is InChI=1S/C24H24N6O4S/c1-34-22(33)16-8-10-17(11-9-16)25-20(31)15-35-24-27-26-23-29(14-21(32)28-12-4-5-13-28)18-6-2-3-7-19(18)30(23)24/h2-3,6-11H,4-5,12-15H2,1H3,(H,25,31). The lowest BCUT2D eigenvalue weighted by Crippen LogP contribution is -2.31. The van der Waals surface area contributed by atoms with E-state index < -0.39 is 5.97 Å². The molecule has 1 saturated heterocycles. The summed E-state index contributed by atoms with van der Waals surface area (Å²) in [4.78, 5) is 38.8. The quantitative estimate of drug-likeness (QED) is 0.312. The minimum Gasteiger partial charge on any atom is -0.465 e. The lowest BCUT2D eigenvalue weighted by Gasteiger charge is -2.15. The summed E-state index contributed by atoms with van der Waals surface area (Å²) < 4.78 is 8.45. The highest BCUT2D eigenvalue weighted by Gasteiger charge is 2.23. The first-order valence-corrected chi connectivity index (χ1v) is 12.2. The minimum atomic E-state index is -0.435. The third kappa shape index (κ3) is 4.59. The van der Waals surface area contributed by atoms with Crippen molar-refractivity contribution in [3.05, 3.63) is 54.1 Å². The number of carbonyl (C=O) groups is 3. The number of methoxy groups -OCH3 is 1. The highest BCUT2D eigenvalue weighted by atomic mass is 32.2. The first kappa shape index (κ1) is 22.9. The number of amides is 2. The Bertz CT molecular complexity index is 1400. The van der Waals surface area contributed by atoms with Gasteiger partial charge in [0.05, 0.1) is 29.5 Å². The van der Waals surface area contributed by atoms with E-state index in [1.54, 1.807) is 24.3 Å². The lowest BCUT2D eigenvalue weighted by atomic mass is 10.2. The molecule has 1 aliphatic rings. The van der Waals surface area contributed by atoms with Crippen molar-refractivity contribution in [3.8, 4) is 0 Å². The molecule has 0 aliphatic carbocycles. The SMILES string of the molecule is COC(=O)c1ccc(NC(=O)CSc2nnc3n(CC(=O)N4CCCC4)c4ccccc4n23)cc1. The number of thioether (sulfide) groups is 1. The number of rotatable bonds is 7. The van der Waals surface area contributed by atoms with Crippen LogP contribution in [0.3, 0.4) is 0 Å². The summed E-state index contributed by atoms with van der Waals surface area (Å²) in [6.07, 6.45) is 2.08. The van der Waals surface area contributed by atoms with Gasteiger partial charge in [-0.3, -0.25) is 18.6 Å². The average Bonchev–Trinajstić information content (AvgIpc) is 3.61. The van der Waals surface area contributed by atoms with Gasteiger partial charge in [-0.15, -0.1) is 10.2 Å². The van der Waals surface area contributed by atoms with Gasteiger partial charge in [0.25, 0.3) is 0 Å². The predicted octanol–water partition coefficient (Wildman–Crippen LogP) is 2.82. The van der Waals surface area contributed by atoms with Crippen molar-refractivity contribution in [2.45, 2.75) is 24.5 Å². The van der Waals surface area contributed by atoms with Crippen LogP contribution >= 0.6 is 11.8 Å².